The van der Waals surface area contributed by atoms with Crippen LogP contribution < -0.4 is 9.64 Å². The van der Waals surface area contributed by atoms with Gasteiger partial charge in [0.25, 0.3) is 5.91 Å². The lowest BCUT2D eigenvalue weighted by molar-refractivity contribution is -0.131. The second-order valence-electron chi connectivity index (χ2n) is 8.42. The van der Waals surface area contributed by atoms with Gasteiger partial charge < -0.3 is 19.4 Å². The van der Waals surface area contributed by atoms with E-state index in [0.29, 0.717) is 64.1 Å². The fraction of sp³-hybridized carbons (Fsp3) is 0.478. The molecule has 0 bridgehead atoms. The van der Waals surface area contributed by atoms with E-state index < -0.39 is 0 Å². The summed E-state index contributed by atoms with van der Waals surface area (Å²) in [5.74, 6) is 1.94. The smallest absolute Gasteiger partial charge is 0.254 e. The van der Waals surface area contributed by atoms with Crippen molar-refractivity contribution in [1.82, 2.24) is 19.8 Å². The topological polar surface area (TPSA) is 78.9 Å². The lowest BCUT2D eigenvalue weighted by Gasteiger charge is -2.35. The molecule has 8 nitrogen and oxygen atoms in total. The van der Waals surface area contributed by atoms with Gasteiger partial charge in [-0.05, 0) is 17.5 Å². The van der Waals surface area contributed by atoms with Crippen molar-refractivity contribution < 1.29 is 14.3 Å². The molecule has 8 heteroatoms. The minimum atomic E-state index is 0.0208. The Morgan fingerprint density at radius 3 is 2.65 bits per heavy atom. The van der Waals surface area contributed by atoms with Crippen LogP contribution in [-0.2, 0) is 11.3 Å². The van der Waals surface area contributed by atoms with Crippen molar-refractivity contribution in [2.24, 2.45) is 5.92 Å². The summed E-state index contributed by atoms with van der Waals surface area (Å²) in [6, 6.07) is 9.50. The molecule has 164 valence electrons. The van der Waals surface area contributed by atoms with Crippen molar-refractivity contribution in [2.45, 2.75) is 26.8 Å². The summed E-state index contributed by atoms with van der Waals surface area (Å²) in [6.45, 7) is 8.54. The maximum absolute atomic E-state index is 12.7. The number of hydrogen-bond acceptors (Lipinski definition) is 6. The maximum Gasteiger partial charge on any atom is 0.254 e. The van der Waals surface area contributed by atoms with Crippen LogP contribution in [0.15, 0.2) is 36.7 Å². The van der Waals surface area contributed by atoms with E-state index in [9.17, 15) is 9.59 Å². The van der Waals surface area contributed by atoms with Gasteiger partial charge in [0.15, 0.2) is 0 Å². The first kappa shape index (κ1) is 21.1. The van der Waals surface area contributed by atoms with E-state index in [2.05, 4.69) is 28.7 Å². The zero-order valence-electron chi connectivity index (χ0n) is 18.2. The number of piperazine rings is 1. The summed E-state index contributed by atoms with van der Waals surface area (Å²) >= 11 is 0. The number of fused-ring (bicyclic) bond motifs is 1. The molecule has 2 aliphatic heterocycles. The first-order valence-corrected chi connectivity index (χ1v) is 10.9. The van der Waals surface area contributed by atoms with Gasteiger partial charge in [-0.3, -0.25) is 9.59 Å². The van der Waals surface area contributed by atoms with Gasteiger partial charge in [0.2, 0.25) is 11.8 Å². The van der Waals surface area contributed by atoms with Gasteiger partial charge in [0.05, 0.1) is 6.61 Å². The second kappa shape index (κ2) is 9.32. The maximum atomic E-state index is 12.7. The third-order valence-electron chi connectivity index (χ3n) is 5.64. The first-order chi connectivity index (χ1) is 15.0. The van der Waals surface area contributed by atoms with Crippen LogP contribution in [0.4, 0.5) is 5.82 Å². The minimum Gasteiger partial charge on any atom is -0.477 e. The zero-order valence-corrected chi connectivity index (χ0v) is 18.2. The molecule has 0 aliphatic carbocycles. The van der Waals surface area contributed by atoms with Crippen molar-refractivity contribution in [3.63, 3.8) is 0 Å². The third-order valence-corrected chi connectivity index (χ3v) is 5.64. The third kappa shape index (κ3) is 4.95. The van der Waals surface area contributed by atoms with Crippen LogP contribution in [0.3, 0.4) is 0 Å². The predicted molar refractivity (Wildman–Crippen MR) is 117 cm³/mol. The molecule has 3 heterocycles. The molecule has 1 aromatic heterocycles. The monoisotopic (exact) mass is 423 g/mol. The number of benzene rings is 1. The molecule has 2 aliphatic rings. The van der Waals surface area contributed by atoms with Crippen LogP contribution in [0.1, 0.15) is 36.2 Å². The molecule has 0 atom stereocenters. The number of anilines is 1. The van der Waals surface area contributed by atoms with E-state index in [1.54, 1.807) is 4.90 Å². The predicted octanol–water partition coefficient (Wildman–Crippen LogP) is 2.21. The number of carbonyl (C=O) groups is 2. The minimum absolute atomic E-state index is 0.0208. The number of amides is 2. The summed E-state index contributed by atoms with van der Waals surface area (Å²) in [4.78, 5) is 39.5. The number of hydrogen-bond donors (Lipinski definition) is 0. The quantitative estimate of drug-likeness (QED) is 0.679. The molecule has 0 radical (unpaired) electrons. The largest absolute Gasteiger partial charge is 0.477 e. The van der Waals surface area contributed by atoms with E-state index in [-0.39, 0.29) is 11.8 Å². The Kier molecular flexibility index (Phi) is 6.34. The standard InChI is InChI=1S/C23H29N5O3/c1-17(2)15-31-21-13-20(24-16-25-21)26-9-11-27(12-10-26)22(29)7-8-28-14-18-5-3-4-6-19(18)23(28)30/h3-6,13,16-17H,7-12,14-15H2,1-2H3. The number of rotatable bonds is 7. The SMILES string of the molecule is CC(C)COc1cc(N2CCN(C(=O)CCN3Cc4ccccc4C3=O)CC2)ncn1. The van der Waals surface area contributed by atoms with E-state index in [4.69, 9.17) is 4.74 Å². The molecule has 1 fully saturated rings. The zero-order chi connectivity index (χ0) is 21.8. The fourth-order valence-electron chi connectivity index (χ4n) is 3.90. The molecule has 0 saturated carbocycles. The van der Waals surface area contributed by atoms with E-state index in [0.717, 1.165) is 16.9 Å². The number of aromatic nitrogens is 2. The van der Waals surface area contributed by atoms with Gasteiger partial charge in [0, 0.05) is 57.3 Å². The van der Waals surface area contributed by atoms with Gasteiger partial charge >= 0.3 is 0 Å². The Hall–Kier alpha value is -3.16. The normalized spacial score (nSPS) is 16.1. The Morgan fingerprint density at radius 1 is 1.13 bits per heavy atom. The molecule has 0 N–H and O–H groups in total. The summed E-state index contributed by atoms with van der Waals surface area (Å²) in [5, 5.41) is 0. The summed E-state index contributed by atoms with van der Waals surface area (Å²) in [5.41, 5.74) is 1.79. The average Bonchev–Trinajstić information content (AvgIpc) is 3.12. The summed E-state index contributed by atoms with van der Waals surface area (Å²) < 4.78 is 5.70. The Bertz CT molecular complexity index is 940. The molecular formula is C23H29N5O3. The lowest BCUT2D eigenvalue weighted by Crippen LogP contribution is -2.49. The van der Waals surface area contributed by atoms with E-state index in [1.165, 1.54) is 6.33 Å². The molecular weight excluding hydrogens is 394 g/mol. The second-order valence-corrected chi connectivity index (χ2v) is 8.42. The van der Waals surface area contributed by atoms with Crippen LogP contribution in [0, 0.1) is 5.92 Å². The van der Waals surface area contributed by atoms with Gasteiger partial charge in [-0.15, -0.1) is 0 Å². The molecule has 0 spiro atoms. The highest BCUT2D eigenvalue weighted by Gasteiger charge is 2.28. The highest BCUT2D eigenvalue weighted by Crippen LogP contribution is 2.23. The first-order valence-electron chi connectivity index (χ1n) is 10.9. The molecule has 1 aromatic carbocycles. The van der Waals surface area contributed by atoms with Crippen LogP contribution in [0.2, 0.25) is 0 Å². The Labute approximate surface area is 182 Å². The summed E-state index contributed by atoms with van der Waals surface area (Å²) in [7, 11) is 0. The number of nitrogens with zero attached hydrogens (tertiary/aromatic N) is 5. The van der Waals surface area contributed by atoms with Crippen molar-refractivity contribution >= 4 is 17.6 Å². The average molecular weight is 424 g/mol. The molecule has 2 amide bonds. The van der Waals surface area contributed by atoms with Gasteiger partial charge in [0.1, 0.15) is 12.1 Å². The summed E-state index contributed by atoms with van der Waals surface area (Å²) in [6.07, 6.45) is 1.87. The van der Waals surface area contributed by atoms with E-state index in [1.807, 2.05) is 35.2 Å². The van der Waals surface area contributed by atoms with Crippen molar-refractivity contribution in [3.05, 3.63) is 47.8 Å². The van der Waals surface area contributed by atoms with Crippen LogP contribution in [0.5, 0.6) is 5.88 Å². The van der Waals surface area contributed by atoms with Crippen LogP contribution >= 0.6 is 0 Å². The van der Waals surface area contributed by atoms with Crippen molar-refractivity contribution in [1.29, 1.82) is 0 Å². The van der Waals surface area contributed by atoms with Crippen molar-refractivity contribution in [3.8, 4) is 5.88 Å². The molecule has 2 aromatic rings. The Balaban J connectivity index is 1.25. The Morgan fingerprint density at radius 2 is 1.90 bits per heavy atom. The van der Waals surface area contributed by atoms with Crippen LogP contribution in [0.25, 0.3) is 0 Å². The number of carbonyl (C=O) groups excluding carboxylic acids is 2. The molecule has 0 unspecified atom stereocenters. The van der Waals surface area contributed by atoms with Gasteiger partial charge in [-0.2, -0.15) is 0 Å². The fourth-order valence-corrected chi connectivity index (χ4v) is 3.90. The van der Waals surface area contributed by atoms with E-state index >= 15 is 0 Å². The highest BCUT2D eigenvalue weighted by molar-refractivity contribution is 5.98. The lowest BCUT2D eigenvalue weighted by atomic mass is 10.1. The van der Waals surface area contributed by atoms with Gasteiger partial charge in [-0.1, -0.05) is 32.0 Å². The number of ether oxygens (including phenoxy) is 1. The highest BCUT2D eigenvalue weighted by atomic mass is 16.5. The molecule has 31 heavy (non-hydrogen) atoms. The van der Waals surface area contributed by atoms with Gasteiger partial charge in [-0.25, -0.2) is 9.97 Å². The molecule has 4 rings (SSSR count). The molecule has 1 saturated heterocycles. The van der Waals surface area contributed by atoms with Crippen LogP contribution in [-0.4, -0.2) is 70.9 Å². The van der Waals surface area contributed by atoms with Crippen molar-refractivity contribution in [2.75, 3.05) is 44.2 Å².